The van der Waals surface area contributed by atoms with Crippen LogP contribution >= 0.6 is 0 Å². The number of rotatable bonds is 4. The third-order valence-corrected chi connectivity index (χ3v) is 4.11. The van der Waals surface area contributed by atoms with Crippen molar-refractivity contribution in [2.75, 3.05) is 26.8 Å². The molecule has 0 saturated carbocycles. The SMILES string of the molecule is COc1cc(CN2CCO[C@@H](c3ccc(F)cc3F)C2)ccc1O. The van der Waals surface area contributed by atoms with Gasteiger partial charge in [-0.15, -0.1) is 0 Å². The molecule has 0 bridgehead atoms. The van der Waals surface area contributed by atoms with Gasteiger partial charge < -0.3 is 14.6 Å². The molecule has 1 aliphatic rings. The molecule has 1 saturated heterocycles. The number of ether oxygens (including phenoxy) is 2. The van der Waals surface area contributed by atoms with E-state index in [0.29, 0.717) is 37.6 Å². The van der Waals surface area contributed by atoms with Crippen LogP contribution in [0.1, 0.15) is 17.2 Å². The second kappa shape index (κ2) is 7.15. The van der Waals surface area contributed by atoms with Gasteiger partial charge in [0.05, 0.1) is 19.8 Å². The van der Waals surface area contributed by atoms with Crippen LogP contribution < -0.4 is 4.74 Å². The molecular formula is C18H19F2NO3. The van der Waals surface area contributed by atoms with Crippen molar-refractivity contribution in [3.05, 3.63) is 59.2 Å². The highest BCUT2D eigenvalue weighted by molar-refractivity contribution is 5.41. The first kappa shape index (κ1) is 16.7. The summed E-state index contributed by atoms with van der Waals surface area (Å²) in [6.07, 6.45) is -0.432. The summed E-state index contributed by atoms with van der Waals surface area (Å²) >= 11 is 0. The standard InChI is InChI=1S/C18H19F2NO3/c1-23-17-8-12(2-5-16(17)22)10-21-6-7-24-18(11-21)14-4-3-13(19)9-15(14)20/h2-5,8-9,18,22H,6-7,10-11H2,1H3/t18-/m1/s1. The summed E-state index contributed by atoms with van der Waals surface area (Å²) in [5, 5.41) is 9.65. The normalized spacial score (nSPS) is 18.5. The molecule has 1 fully saturated rings. The predicted octanol–water partition coefficient (Wildman–Crippen LogP) is 3.25. The van der Waals surface area contributed by atoms with Gasteiger partial charge in [0.2, 0.25) is 0 Å². The summed E-state index contributed by atoms with van der Waals surface area (Å²) in [7, 11) is 1.50. The fourth-order valence-electron chi connectivity index (χ4n) is 2.88. The predicted molar refractivity (Wildman–Crippen MR) is 85.0 cm³/mol. The molecule has 0 radical (unpaired) electrons. The maximum atomic E-state index is 13.9. The lowest BCUT2D eigenvalue weighted by Gasteiger charge is -2.33. The third kappa shape index (κ3) is 3.66. The van der Waals surface area contributed by atoms with E-state index in [1.165, 1.54) is 19.2 Å². The van der Waals surface area contributed by atoms with Crippen molar-refractivity contribution < 1.29 is 23.4 Å². The van der Waals surface area contributed by atoms with E-state index in [2.05, 4.69) is 4.90 Å². The lowest BCUT2D eigenvalue weighted by Crippen LogP contribution is -2.38. The van der Waals surface area contributed by atoms with E-state index >= 15 is 0 Å². The van der Waals surface area contributed by atoms with Crippen molar-refractivity contribution in [1.29, 1.82) is 0 Å². The van der Waals surface area contributed by atoms with Gasteiger partial charge in [0.1, 0.15) is 11.6 Å². The number of nitrogens with zero attached hydrogens (tertiary/aromatic N) is 1. The molecule has 0 aromatic heterocycles. The molecule has 4 nitrogen and oxygen atoms in total. The lowest BCUT2D eigenvalue weighted by atomic mass is 10.1. The smallest absolute Gasteiger partial charge is 0.160 e. The van der Waals surface area contributed by atoms with Gasteiger partial charge in [0.15, 0.2) is 11.5 Å². The molecule has 2 aromatic carbocycles. The van der Waals surface area contributed by atoms with E-state index in [4.69, 9.17) is 9.47 Å². The highest BCUT2D eigenvalue weighted by Gasteiger charge is 2.24. The molecule has 0 spiro atoms. The van der Waals surface area contributed by atoms with Gasteiger partial charge in [0.25, 0.3) is 0 Å². The van der Waals surface area contributed by atoms with Crippen LogP contribution in [0.2, 0.25) is 0 Å². The Kier molecular flexibility index (Phi) is 4.97. The van der Waals surface area contributed by atoms with Crippen molar-refractivity contribution in [2.24, 2.45) is 0 Å². The number of hydrogen-bond donors (Lipinski definition) is 1. The number of methoxy groups -OCH3 is 1. The Morgan fingerprint density at radius 1 is 1.25 bits per heavy atom. The number of phenols is 1. The van der Waals surface area contributed by atoms with Gasteiger partial charge in [-0.2, -0.15) is 0 Å². The number of aromatic hydroxyl groups is 1. The Balaban J connectivity index is 1.71. The van der Waals surface area contributed by atoms with E-state index in [1.807, 2.05) is 6.07 Å². The number of benzene rings is 2. The van der Waals surface area contributed by atoms with Crippen LogP contribution in [0, 0.1) is 11.6 Å². The first-order valence-corrected chi connectivity index (χ1v) is 7.71. The first-order chi connectivity index (χ1) is 11.6. The zero-order chi connectivity index (χ0) is 17.1. The van der Waals surface area contributed by atoms with Gasteiger partial charge in [-0.1, -0.05) is 12.1 Å². The largest absolute Gasteiger partial charge is 0.504 e. The maximum Gasteiger partial charge on any atom is 0.160 e. The minimum absolute atomic E-state index is 0.0921. The maximum absolute atomic E-state index is 13.9. The highest BCUT2D eigenvalue weighted by Crippen LogP contribution is 2.29. The fraction of sp³-hybridized carbons (Fsp3) is 0.333. The zero-order valence-electron chi connectivity index (χ0n) is 13.3. The number of hydrogen-bond acceptors (Lipinski definition) is 4. The number of halogens is 2. The molecule has 2 aromatic rings. The Morgan fingerprint density at radius 2 is 2.08 bits per heavy atom. The summed E-state index contributed by atoms with van der Waals surface area (Å²) in [5.74, 6) is -0.676. The summed E-state index contributed by atoms with van der Waals surface area (Å²) in [6, 6.07) is 8.74. The van der Waals surface area contributed by atoms with Crippen molar-refractivity contribution in [1.82, 2.24) is 4.90 Å². The molecule has 1 heterocycles. The second-order valence-corrected chi connectivity index (χ2v) is 5.77. The molecule has 1 N–H and O–H groups in total. The van der Waals surface area contributed by atoms with Crippen LogP contribution in [0.15, 0.2) is 36.4 Å². The van der Waals surface area contributed by atoms with Crippen LogP contribution in [0.3, 0.4) is 0 Å². The van der Waals surface area contributed by atoms with Crippen LogP contribution in [-0.2, 0) is 11.3 Å². The highest BCUT2D eigenvalue weighted by atomic mass is 19.1. The van der Waals surface area contributed by atoms with Crippen molar-refractivity contribution in [2.45, 2.75) is 12.6 Å². The second-order valence-electron chi connectivity index (χ2n) is 5.77. The average molecular weight is 335 g/mol. The van der Waals surface area contributed by atoms with Crippen LogP contribution in [-0.4, -0.2) is 36.8 Å². The van der Waals surface area contributed by atoms with Crippen LogP contribution in [0.25, 0.3) is 0 Å². The average Bonchev–Trinajstić information content (AvgIpc) is 2.57. The summed E-state index contributed by atoms with van der Waals surface area (Å²) in [4.78, 5) is 2.13. The lowest BCUT2D eigenvalue weighted by molar-refractivity contribution is -0.0345. The van der Waals surface area contributed by atoms with Gasteiger partial charge in [-0.25, -0.2) is 8.78 Å². The summed E-state index contributed by atoms with van der Waals surface area (Å²) in [5.41, 5.74) is 1.34. The first-order valence-electron chi connectivity index (χ1n) is 7.71. The molecule has 6 heteroatoms. The van der Waals surface area contributed by atoms with E-state index < -0.39 is 17.7 Å². The van der Waals surface area contributed by atoms with Gasteiger partial charge >= 0.3 is 0 Å². The molecule has 0 unspecified atom stereocenters. The third-order valence-electron chi connectivity index (χ3n) is 4.11. The monoisotopic (exact) mass is 335 g/mol. The Labute approximate surface area is 139 Å². The van der Waals surface area contributed by atoms with Crippen LogP contribution in [0.5, 0.6) is 11.5 Å². The molecule has 24 heavy (non-hydrogen) atoms. The Bertz CT molecular complexity index is 723. The topological polar surface area (TPSA) is 41.9 Å². The van der Waals surface area contributed by atoms with Gasteiger partial charge in [0, 0.05) is 31.3 Å². The molecular weight excluding hydrogens is 316 g/mol. The molecule has 0 amide bonds. The Morgan fingerprint density at radius 3 is 2.83 bits per heavy atom. The van der Waals surface area contributed by atoms with E-state index in [9.17, 15) is 13.9 Å². The molecule has 128 valence electrons. The number of phenolic OH excluding ortho intramolecular Hbond substituents is 1. The molecule has 0 aliphatic carbocycles. The van der Waals surface area contributed by atoms with Gasteiger partial charge in [-0.05, 0) is 23.8 Å². The summed E-state index contributed by atoms with van der Waals surface area (Å²) in [6.45, 7) is 2.31. The Hall–Kier alpha value is -2.18. The van der Waals surface area contributed by atoms with E-state index in [1.54, 1.807) is 12.1 Å². The van der Waals surface area contributed by atoms with E-state index in [0.717, 1.165) is 11.6 Å². The van der Waals surface area contributed by atoms with Crippen molar-refractivity contribution in [3.8, 4) is 11.5 Å². The molecule has 1 aliphatic heterocycles. The molecule has 1 atom stereocenters. The number of morpholine rings is 1. The minimum Gasteiger partial charge on any atom is -0.504 e. The summed E-state index contributed by atoms with van der Waals surface area (Å²) < 4.78 is 37.8. The van der Waals surface area contributed by atoms with E-state index in [-0.39, 0.29) is 5.75 Å². The molecule has 3 rings (SSSR count). The van der Waals surface area contributed by atoms with Crippen LogP contribution in [0.4, 0.5) is 8.78 Å². The van der Waals surface area contributed by atoms with Crippen molar-refractivity contribution in [3.63, 3.8) is 0 Å². The van der Waals surface area contributed by atoms with Gasteiger partial charge in [-0.3, -0.25) is 4.90 Å². The zero-order valence-corrected chi connectivity index (χ0v) is 13.3. The fourth-order valence-corrected chi connectivity index (χ4v) is 2.88. The minimum atomic E-state index is -0.597. The van der Waals surface area contributed by atoms with Crippen molar-refractivity contribution >= 4 is 0 Å². The quantitative estimate of drug-likeness (QED) is 0.931.